The van der Waals surface area contributed by atoms with Gasteiger partial charge in [0.05, 0.1) is 11.0 Å². The van der Waals surface area contributed by atoms with Gasteiger partial charge in [0.2, 0.25) is 0 Å². The highest BCUT2D eigenvalue weighted by Crippen LogP contribution is 2.74. The molecule has 3 fully saturated rings. The molecule has 5 aliphatic carbocycles. The first-order valence-electron chi connectivity index (χ1n) is 13.4. The van der Waals surface area contributed by atoms with Crippen molar-refractivity contribution in [3.05, 3.63) is 23.3 Å². The van der Waals surface area contributed by atoms with E-state index in [1.165, 1.54) is 0 Å². The number of carbonyl (C=O) groups is 3. The topological polar surface area (TPSA) is 95.2 Å². The number of nitrogens with zero attached hydrogens (tertiary/aromatic N) is 1. The van der Waals surface area contributed by atoms with Gasteiger partial charge in [0.1, 0.15) is 6.07 Å². The fourth-order valence-corrected chi connectivity index (χ4v) is 9.85. The lowest BCUT2D eigenvalue weighted by Crippen LogP contribution is -2.65. The Labute approximate surface area is 209 Å². The Kier molecular flexibility index (Phi) is 5.02. The summed E-state index contributed by atoms with van der Waals surface area (Å²) in [4.78, 5) is 39.9. The average molecular weight is 478 g/mol. The second kappa shape index (κ2) is 7.17. The van der Waals surface area contributed by atoms with E-state index in [9.17, 15) is 24.8 Å². The van der Waals surface area contributed by atoms with Gasteiger partial charge in [-0.15, -0.1) is 0 Å². The van der Waals surface area contributed by atoms with Crippen LogP contribution in [0.5, 0.6) is 0 Å². The molecule has 0 bridgehead atoms. The zero-order valence-electron chi connectivity index (χ0n) is 22.0. The van der Waals surface area contributed by atoms with Crippen molar-refractivity contribution in [2.24, 2.45) is 50.7 Å². The summed E-state index contributed by atoms with van der Waals surface area (Å²) < 4.78 is 0. The van der Waals surface area contributed by atoms with Crippen LogP contribution in [0.25, 0.3) is 0 Å². The Balaban J connectivity index is 1.70. The van der Waals surface area contributed by atoms with Crippen LogP contribution >= 0.6 is 0 Å². The number of carboxylic acids is 1. The van der Waals surface area contributed by atoms with Crippen molar-refractivity contribution in [2.75, 3.05) is 0 Å². The van der Waals surface area contributed by atoms with Crippen LogP contribution in [0.2, 0.25) is 0 Å². The van der Waals surface area contributed by atoms with Gasteiger partial charge in [-0.2, -0.15) is 5.26 Å². The number of Topliss-reactive ketones (excluding diaryl/α,β-unsaturated/α-hetero) is 1. The molecule has 5 aliphatic rings. The largest absolute Gasteiger partial charge is 0.481 e. The summed E-state index contributed by atoms with van der Waals surface area (Å²) in [6.07, 6.45) is 9.10. The van der Waals surface area contributed by atoms with Gasteiger partial charge in [0.25, 0.3) is 0 Å². The Morgan fingerprint density at radius 2 is 1.74 bits per heavy atom. The van der Waals surface area contributed by atoms with Crippen LogP contribution in [-0.2, 0) is 14.4 Å². The van der Waals surface area contributed by atoms with Crippen molar-refractivity contribution >= 4 is 17.5 Å². The van der Waals surface area contributed by atoms with E-state index in [4.69, 9.17) is 0 Å². The first-order chi connectivity index (χ1) is 16.2. The van der Waals surface area contributed by atoms with E-state index in [0.29, 0.717) is 25.2 Å². The van der Waals surface area contributed by atoms with Gasteiger partial charge in [-0.05, 0) is 79.6 Å². The molecule has 5 rings (SSSR count). The second-order valence-electron chi connectivity index (χ2n) is 13.7. The van der Waals surface area contributed by atoms with Gasteiger partial charge in [-0.25, -0.2) is 0 Å². The van der Waals surface area contributed by atoms with Crippen molar-refractivity contribution < 1.29 is 19.5 Å². The number of aliphatic carboxylic acids is 1. The fourth-order valence-electron chi connectivity index (χ4n) is 9.85. The Bertz CT molecular complexity index is 1140. The van der Waals surface area contributed by atoms with Gasteiger partial charge < -0.3 is 5.11 Å². The molecule has 0 aromatic heterocycles. The van der Waals surface area contributed by atoms with E-state index >= 15 is 0 Å². The normalized spacial score (nSPS) is 48.3. The molecule has 0 spiro atoms. The quantitative estimate of drug-likeness (QED) is 0.507. The fraction of sp³-hybridized carbons (Fsp3) is 0.733. The van der Waals surface area contributed by atoms with Crippen molar-refractivity contribution in [3.63, 3.8) is 0 Å². The third kappa shape index (κ3) is 2.77. The summed E-state index contributed by atoms with van der Waals surface area (Å²) in [5.74, 6) is -0.783. The molecule has 0 aromatic carbocycles. The molecule has 188 valence electrons. The number of carboxylic acid groups (broad SMARTS) is 1. The molecule has 2 unspecified atom stereocenters. The maximum absolute atomic E-state index is 14.1. The first kappa shape index (κ1) is 24.5. The van der Waals surface area contributed by atoms with Gasteiger partial charge in [0.15, 0.2) is 11.6 Å². The molecule has 8 atom stereocenters. The SMILES string of the molecule is C[C@H]1CC[C@]2(C(=O)O)CC[C@]3(C)C(C(=O)C=C4[C@@]5(C)C=C(C#N)C(=O)C(C)(C)[C@@H]5CC[C@]43C)C2C1. The van der Waals surface area contributed by atoms with Gasteiger partial charge in [0, 0.05) is 16.7 Å². The molecule has 5 nitrogen and oxygen atoms in total. The third-order valence-corrected chi connectivity index (χ3v) is 12.0. The molecule has 0 aromatic rings. The van der Waals surface area contributed by atoms with Gasteiger partial charge >= 0.3 is 5.97 Å². The van der Waals surface area contributed by atoms with Crippen LogP contribution in [0, 0.1) is 62.1 Å². The molecule has 0 saturated heterocycles. The van der Waals surface area contributed by atoms with Crippen molar-refractivity contribution in [1.29, 1.82) is 5.26 Å². The van der Waals surface area contributed by atoms with Crippen LogP contribution in [0.4, 0.5) is 0 Å². The monoisotopic (exact) mass is 477 g/mol. The lowest BCUT2D eigenvalue weighted by atomic mass is 9.34. The summed E-state index contributed by atoms with van der Waals surface area (Å²) in [6.45, 7) is 12.7. The summed E-state index contributed by atoms with van der Waals surface area (Å²) in [5, 5.41) is 20.2. The standard InChI is InChI=1S/C30H39NO4/c1-17-7-10-30(25(34)35)12-11-29(6)23(19(30)13-17)20(32)14-22-27(4)15-18(16-31)24(33)26(2,3)21(27)8-9-28(22,29)5/h14-15,17,19,21,23H,7-13H2,1-6H3,(H,34,35)/t17-,19?,21-,23?,27-,28+,29+,30-/m0/s1. The molecule has 0 aliphatic heterocycles. The molecule has 0 amide bonds. The van der Waals surface area contributed by atoms with Crippen LogP contribution in [0.3, 0.4) is 0 Å². The third-order valence-electron chi connectivity index (χ3n) is 12.0. The number of ketones is 2. The zero-order valence-corrected chi connectivity index (χ0v) is 22.0. The molecule has 0 radical (unpaired) electrons. The summed E-state index contributed by atoms with van der Waals surface area (Å²) in [6, 6.07) is 2.15. The second-order valence-corrected chi connectivity index (χ2v) is 13.7. The Morgan fingerprint density at radius 3 is 2.37 bits per heavy atom. The molecule has 3 saturated carbocycles. The lowest BCUT2D eigenvalue weighted by molar-refractivity contribution is -0.185. The highest BCUT2D eigenvalue weighted by Gasteiger charge is 2.70. The minimum absolute atomic E-state index is 0.0169. The molecule has 0 heterocycles. The van der Waals surface area contributed by atoms with Crippen molar-refractivity contribution in [2.45, 2.75) is 86.5 Å². The zero-order chi connectivity index (χ0) is 25.8. The number of nitriles is 1. The number of hydrogen-bond donors (Lipinski definition) is 1. The predicted molar refractivity (Wildman–Crippen MR) is 132 cm³/mol. The van der Waals surface area contributed by atoms with E-state index in [1.807, 2.05) is 26.0 Å². The van der Waals surface area contributed by atoms with E-state index < -0.39 is 22.2 Å². The summed E-state index contributed by atoms with van der Waals surface area (Å²) in [7, 11) is 0. The maximum atomic E-state index is 14.1. The van der Waals surface area contributed by atoms with E-state index in [-0.39, 0.29) is 45.7 Å². The predicted octanol–water partition coefficient (Wildman–Crippen LogP) is 5.90. The van der Waals surface area contributed by atoms with Crippen LogP contribution in [-0.4, -0.2) is 22.6 Å². The molecule has 35 heavy (non-hydrogen) atoms. The minimum atomic E-state index is -0.803. The van der Waals surface area contributed by atoms with E-state index in [0.717, 1.165) is 31.3 Å². The Morgan fingerprint density at radius 1 is 1.06 bits per heavy atom. The van der Waals surface area contributed by atoms with Gasteiger partial charge in [-0.1, -0.05) is 53.2 Å². The smallest absolute Gasteiger partial charge is 0.309 e. The maximum Gasteiger partial charge on any atom is 0.309 e. The van der Waals surface area contributed by atoms with Crippen molar-refractivity contribution in [3.8, 4) is 6.07 Å². The van der Waals surface area contributed by atoms with Crippen LogP contribution in [0.1, 0.15) is 86.5 Å². The van der Waals surface area contributed by atoms with Crippen LogP contribution < -0.4 is 0 Å². The number of fused-ring (bicyclic) bond motifs is 7. The summed E-state index contributed by atoms with van der Waals surface area (Å²) >= 11 is 0. The molecule has 5 heteroatoms. The highest BCUT2D eigenvalue weighted by atomic mass is 16.4. The van der Waals surface area contributed by atoms with Crippen LogP contribution in [0.15, 0.2) is 23.3 Å². The number of carbonyl (C=O) groups excluding carboxylic acids is 2. The Hall–Kier alpha value is -2.22. The number of rotatable bonds is 1. The summed E-state index contributed by atoms with van der Waals surface area (Å²) in [5.41, 5.74) is -1.42. The highest BCUT2D eigenvalue weighted by molar-refractivity contribution is 6.04. The first-order valence-corrected chi connectivity index (χ1v) is 13.4. The van der Waals surface area contributed by atoms with Crippen molar-refractivity contribution in [1.82, 2.24) is 0 Å². The number of hydrogen-bond acceptors (Lipinski definition) is 4. The molecular formula is C30H39NO4. The average Bonchev–Trinajstić information content (AvgIpc) is 2.78. The van der Waals surface area contributed by atoms with E-state index in [2.05, 4.69) is 33.8 Å². The molecule has 1 N–H and O–H groups in total. The number of allylic oxidation sites excluding steroid dienone is 4. The molecular weight excluding hydrogens is 438 g/mol. The van der Waals surface area contributed by atoms with Gasteiger partial charge in [-0.3, -0.25) is 14.4 Å². The minimum Gasteiger partial charge on any atom is -0.481 e. The lowest BCUT2D eigenvalue weighted by Gasteiger charge is -2.68. The van der Waals surface area contributed by atoms with E-state index in [1.54, 1.807) is 0 Å².